The molecule has 0 saturated carbocycles. The molecule has 6 heteroatoms. The normalized spacial score (nSPS) is 12.2. The van der Waals surface area contributed by atoms with Crippen molar-refractivity contribution in [2.24, 2.45) is 0 Å². The Bertz CT molecular complexity index is 543. The number of aromatic nitrogens is 2. The second-order valence-corrected chi connectivity index (χ2v) is 5.04. The topological polar surface area (TPSA) is 37.8 Å². The molecule has 0 bridgehead atoms. The Labute approximate surface area is 120 Å². The average Bonchev–Trinajstić information content (AvgIpc) is 2.32. The summed E-state index contributed by atoms with van der Waals surface area (Å²) in [5.41, 5.74) is 0.930. The summed E-state index contributed by atoms with van der Waals surface area (Å²) >= 11 is 17.7. The van der Waals surface area contributed by atoms with Crippen molar-refractivity contribution in [1.29, 1.82) is 0 Å². The van der Waals surface area contributed by atoms with E-state index in [9.17, 15) is 0 Å². The highest BCUT2D eigenvalue weighted by Gasteiger charge is 2.11. The molecule has 3 nitrogen and oxygen atoms in total. The Hall–Kier alpha value is -1.03. The fourth-order valence-electron chi connectivity index (χ4n) is 1.51. The number of nitrogens with zero attached hydrogens (tertiary/aromatic N) is 2. The van der Waals surface area contributed by atoms with Gasteiger partial charge in [-0.1, -0.05) is 40.9 Å². The van der Waals surface area contributed by atoms with Crippen molar-refractivity contribution in [2.75, 3.05) is 5.32 Å². The van der Waals surface area contributed by atoms with Crippen LogP contribution in [0, 0.1) is 0 Å². The number of hydrogen-bond donors (Lipinski definition) is 1. The lowest BCUT2D eigenvalue weighted by Gasteiger charge is -2.15. The number of hydrogen-bond acceptors (Lipinski definition) is 3. The molecule has 0 spiro atoms. The van der Waals surface area contributed by atoms with E-state index in [4.69, 9.17) is 34.8 Å². The Balaban J connectivity index is 2.16. The van der Waals surface area contributed by atoms with Gasteiger partial charge in [-0.3, -0.25) is 0 Å². The molecule has 2 aromatic rings. The number of anilines is 1. The zero-order valence-electron chi connectivity index (χ0n) is 9.49. The van der Waals surface area contributed by atoms with Crippen LogP contribution in [-0.2, 0) is 0 Å². The zero-order valence-corrected chi connectivity index (χ0v) is 11.8. The van der Waals surface area contributed by atoms with E-state index in [1.807, 2.05) is 13.0 Å². The molecule has 94 valence electrons. The molecular formula is C12H10Cl3N3. The van der Waals surface area contributed by atoms with E-state index in [1.165, 1.54) is 12.4 Å². The fourth-order valence-corrected chi connectivity index (χ4v) is 2.18. The molecule has 0 fully saturated rings. The maximum atomic E-state index is 6.13. The molecule has 0 radical (unpaired) electrons. The molecular weight excluding hydrogens is 293 g/mol. The van der Waals surface area contributed by atoms with Gasteiger partial charge in [0.1, 0.15) is 0 Å². The highest BCUT2D eigenvalue weighted by molar-refractivity contribution is 6.35. The summed E-state index contributed by atoms with van der Waals surface area (Å²) in [6, 6.07) is 5.34. The lowest BCUT2D eigenvalue weighted by molar-refractivity contribution is 0.861. The summed E-state index contributed by atoms with van der Waals surface area (Å²) in [6.45, 7) is 1.97. The molecule has 1 aromatic carbocycles. The predicted octanol–water partition coefficient (Wildman–Crippen LogP) is 4.61. The molecule has 2 rings (SSSR count). The van der Waals surface area contributed by atoms with Crippen LogP contribution in [0.2, 0.25) is 15.1 Å². The van der Waals surface area contributed by atoms with Crippen molar-refractivity contribution in [3.8, 4) is 0 Å². The van der Waals surface area contributed by atoms with E-state index in [2.05, 4.69) is 15.3 Å². The SMILES string of the molecule is C[C@H](Nc1ncc(Cl)cn1)c1ccc(Cl)cc1Cl. The monoisotopic (exact) mass is 301 g/mol. The van der Waals surface area contributed by atoms with Crippen LogP contribution in [0.1, 0.15) is 18.5 Å². The van der Waals surface area contributed by atoms with Gasteiger partial charge in [-0.05, 0) is 24.6 Å². The van der Waals surface area contributed by atoms with Crippen LogP contribution in [0.15, 0.2) is 30.6 Å². The second kappa shape index (κ2) is 5.74. The van der Waals surface area contributed by atoms with Gasteiger partial charge in [0, 0.05) is 10.0 Å². The number of rotatable bonds is 3. The molecule has 0 aliphatic heterocycles. The van der Waals surface area contributed by atoms with Gasteiger partial charge >= 0.3 is 0 Å². The second-order valence-electron chi connectivity index (χ2n) is 3.76. The molecule has 0 amide bonds. The number of halogens is 3. The minimum absolute atomic E-state index is 0.0315. The summed E-state index contributed by atoms with van der Waals surface area (Å²) in [6.07, 6.45) is 3.07. The van der Waals surface area contributed by atoms with E-state index in [0.717, 1.165) is 5.56 Å². The first-order chi connectivity index (χ1) is 8.56. The zero-order chi connectivity index (χ0) is 13.1. The van der Waals surface area contributed by atoms with Crippen molar-refractivity contribution < 1.29 is 0 Å². The Morgan fingerprint density at radius 3 is 2.33 bits per heavy atom. The van der Waals surface area contributed by atoms with Gasteiger partial charge in [0.2, 0.25) is 5.95 Å². The Kier molecular flexibility index (Phi) is 4.27. The summed E-state index contributed by atoms with van der Waals surface area (Å²) in [7, 11) is 0. The van der Waals surface area contributed by atoms with Gasteiger partial charge in [0.25, 0.3) is 0 Å². The van der Waals surface area contributed by atoms with Crippen LogP contribution in [-0.4, -0.2) is 9.97 Å². The summed E-state index contributed by atoms with van der Waals surface area (Å²) in [5.74, 6) is 0.498. The van der Waals surface area contributed by atoms with Crippen molar-refractivity contribution in [3.63, 3.8) is 0 Å². The minimum Gasteiger partial charge on any atom is -0.348 e. The van der Waals surface area contributed by atoms with Crippen LogP contribution in [0.3, 0.4) is 0 Å². The Morgan fingerprint density at radius 2 is 1.72 bits per heavy atom. The van der Waals surface area contributed by atoms with Gasteiger partial charge in [0.15, 0.2) is 0 Å². The molecule has 1 heterocycles. The fraction of sp³-hybridized carbons (Fsp3) is 0.167. The number of nitrogens with one attached hydrogen (secondary N) is 1. The van der Waals surface area contributed by atoms with Gasteiger partial charge in [-0.2, -0.15) is 0 Å². The molecule has 0 aliphatic carbocycles. The van der Waals surface area contributed by atoms with E-state index in [-0.39, 0.29) is 6.04 Å². The molecule has 0 saturated heterocycles. The molecule has 0 unspecified atom stereocenters. The lowest BCUT2D eigenvalue weighted by Crippen LogP contribution is -2.09. The average molecular weight is 303 g/mol. The van der Waals surface area contributed by atoms with Crippen LogP contribution >= 0.6 is 34.8 Å². The number of benzene rings is 1. The third-order valence-corrected chi connectivity index (χ3v) is 3.15. The Morgan fingerprint density at radius 1 is 1.06 bits per heavy atom. The molecule has 1 aromatic heterocycles. The van der Waals surface area contributed by atoms with Crippen LogP contribution in [0.25, 0.3) is 0 Å². The van der Waals surface area contributed by atoms with Crippen LogP contribution in [0.5, 0.6) is 0 Å². The lowest BCUT2D eigenvalue weighted by atomic mass is 10.1. The highest BCUT2D eigenvalue weighted by atomic mass is 35.5. The van der Waals surface area contributed by atoms with Crippen molar-refractivity contribution in [1.82, 2.24) is 9.97 Å². The molecule has 1 N–H and O–H groups in total. The van der Waals surface area contributed by atoms with Crippen molar-refractivity contribution in [2.45, 2.75) is 13.0 Å². The molecule has 0 aliphatic rings. The minimum atomic E-state index is -0.0315. The first kappa shape index (κ1) is 13.4. The summed E-state index contributed by atoms with van der Waals surface area (Å²) in [4.78, 5) is 8.14. The van der Waals surface area contributed by atoms with Crippen LogP contribution < -0.4 is 5.32 Å². The maximum Gasteiger partial charge on any atom is 0.223 e. The maximum absolute atomic E-state index is 6.13. The molecule has 18 heavy (non-hydrogen) atoms. The van der Waals surface area contributed by atoms with Gasteiger partial charge < -0.3 is 5.32 Å². The van der Waals surface area contributed by atoms with Gasteiger partial charge in [0.05, 0.1) is 23.5 Å². The third kappa shape index (κ3) is 3.25. The van der Waals surface area contributed by atoms with Crippen molar-refractivity contribution in [3.05, 3.63) is 51.2 Å². The first-order valence-corrected chi connectivity index (χ1v) is 6.38. The van der Waals surface area contributed by atoms with E-state index < -0.39 is 0 Å². The predicted molar refractivity (Wildman–Crippen MR) is 75.5 cm³/mol. The molecule has 1 atom stereocenters. The standard InChI is InChI=1S/C12H10Cl3N3/c1-7(10-3-2-8(13)4-11(10)15)18-12-16-5-9(14)6-17-12/h2-7H,1H3,(H,16,17,18)/t7-/m0/s1. The quantitative estimate of drug-likeness (QED) is 0.899. The van der Waals surface area contributed by atoms with Gasteiger partial charge in [-0.25, -0.2) is 9.97 Å². The van der Waals surface area contributed by atoms with Crippen LogP contribution in [0.4, 0.5) is 5.95 Å². The largest absolute Gasteiger partial charge is 0.348 e. The smallest absolute Gasteiger partial charge is 0.223 e. The summed E-state index contributed by atoms with van der Waals surface area (Å²) in [5, 5.41) is 4.85. The van der Waals surface area contributed by atoms with E-state index >= 15 is 0 Å². The highest BCUT2D eigenvalue weighted by Crippen LogP contribution is 2.27. The van der Waals surface area contributed by atoms with Crippen molar-refractivity contribution >= 4 is 40.8 Å². The van der Waals surface area contributed by atoms with Gasteiger partial charge in [-0.15, -0.1) is 0 Å². The third-order valence-electron chi connectivity index (χ3n) is 2.39. The first-order valence-electron chi connectivity index (χ1n) is 5.25. The van der Waals surface area contributed by atoms with E-state index in [0.29, 0.717) is 21.0 Å². The summed E-state index contributed by atoms with van der Waals surface area (Å²) < 4.78 is 0. The van der Waals surface area contributed by atoms with E-state index in [1.54, 1.807) is 12.1 Å².